The summed E-state index contributed by atoms with van der Waals surface area (Å²) < 4.78 is 28.3. The molecule has 0 aromatic carbocycles. The summed E-state index contributed by atoms with van der Waals surface area (Å²) >= 11 is 0. The van der Waals surface area contributed by atoms with Gasteiger partial charge in [-0.1, -0.05) is 0 Å². The molecule has 1 aromatic heterocycles. The molecule has 106 valence electrons. The van der Waals surface area contributed by atoms with E-state index in [-0.39, 0.29) is 35.8 Å². The largest absolute Gasteiger partial charge is 0.455 e. The van der Waals surface area contributed by atoms with Gasteiger partial charge in [0.15, 0.2) is 15.6 Å². The van der Waals surface area contributed by atoms with Crippen molar-refractivity contribution in [3.8, 4) is 0 Å². The van der Waals surface area contributed by atoms with E-state index in [1.165, 1.54) is 0 Å². The summed E-state index contributed by atoms with van der Waals surface area (Å²) in [5, 5.41) is 0. The van der Waals surface area contributed by atoms with Gasteiger partial charge in [-0.05, 0) is 25.5 Å². The number of hydrogen-bond donors (Lipinski definition) is 1. The van der Waals surface area contributed by atoms with Crippen LogP contribution in [-0.4, -0.2) is 43.3 Å². The van der Waals surface area contributed by atoms with Crippen LogP contribution < -0.4 is 5.73 Å². The van der Waals surface area contributed by atoms with Crippen LogP contribution in [0.15, 0.2) is 16.5 Å². The molecule has 1 fully saturated rings. The van der Waals surface area contributed by atoms with Crippen molar-refractivity contribution in [2.45, 2.75) is 25.9 Å². The number of amides is 1. The second-order valence-electron chi connectivity index (χ2n) is 4.62. The van der Waals surface area contributed by atoms with Crippen molar-refractivity contribution in [3.63, 3.8) is 0 Å². The summed E-state index contributed by atoms with van der Waals surface area (Å²) in [7, 11) is -3.01. The Hall–Kier alpha value is -1.34. The smallest absolute Gasteiger partial charge is 0.289 e. The standard InChI is InChI=1S/C12H18N2O4S/c1-2-14(9-5-6-19(16,17)8-9)12(15)11-4-3-10(7-13)18-11/h3-4,9H,2,5-8,13H2,1H3. The first-order valence-corrected chi connectivity index (χ1v) is 8.09. The Morgan fingerprint density at radius 3 is 2.74 bits per heavy atom. The van der Waals surface area contributed by atoms with E-state index in [0.717, 1.165) is 0 Å². The molecule has 1 unspecified atom stereocenters. The molecule has 1 atom stereocenters. The van der Waals surface area contributed by atoms with Crippen LogP contribution in [0.4, 0.5) is 0 Å². The Bertz CT molecular complexity index is 564. The Balaban J connectivity index is 2.15. The molecule has 0 radical (unpaired) electrons. The van der Waals surface area contributed by atoms with E-state index in [0.29, 0.717) is 18.7 Å². The lowest BCUT2D eigenvalue weighted by Gasteiger charge is -2.25. The molecule has 0 aliphatic carbocycles. The molecule has 19 heavy (non-hydrogen) atoms. The predicted octanol–water partition coefficient (Wildman–Crippen LogP) is 0.388. The highest BCUT2D eigenvalue weighted by atomic mass is 32.2. The van der Waals surface area contributed by atoms with Crippen LogP contribution in [0.2, 0.25) is 0 Å². The summed E-state index contributed by atoms with van der Waals surface area (Å²) in [5.41, 5.74) is 5.43. The minimum absolute atomic E-state index is 0.0387. The third-order valence-electron chi connectivity index (χ3n) is 3.32. The zero-order valence-corrected chi connectivity index (χ0v) is 11.6. The molecule has 1 saturated heterocycles. The molecule has 1 amide bonds. The molecule has 2 rings (SSSR count). The highest BCUT2D eigenvalue weighted by molar-refractivity contribution is 7.91. The molecule has 0 saturated carbocycles. The SMILES string of the molecule is CCN(C(=O)c1ccc(CN)o1)C1CCS(=O)(=O)C1. The molecular weight excluding hydrogens is 268 g/mol. The van der Waals surface area contributed by atoms with Gasteiger partial charge in [-0.15, -0.1) is 0 Å². The van der Waals surface area contributed by atoms with Crippen LogP contribution in [0.5, 0.6) is 0 Å². The first-order chi connectivity index (χ1) is 8.96. The zero-order chi connectivity index (χ0) is 14.0. The molecule has 1 aliphatic heterocycles. The van der Waals surface area contributed by atoms with Gasteiger partial charge in [0.25, 0.3) is 5.91 Å². The number of hydrogen-bond acceptors (Lipinski definition) is 5. The van der Waals surface area contributed by atoms with E-state index in [1.807, 2.05) is 6.92 Å². The molecule has 6 nitrogen and oxygen atoms in total. The summed E-state index contributed by atoms with van der Waals surface area (Å²) in [6.45, 7) is 2.52. The fraction of sp³-hybridized carbons (Fsp3) is 0.583. The molecule has 2 heterocycles. The number of carbonyl (C=O) groups is 1. The average Bonchev–Trinajstić information content (AvgIpc) is 2.96. The summed E-state index contributed by atoms with van der Waals surface area (Å²) in [4.78, 5) is 13.9. The van der Waals surface area contributed by atoms with E-state index >= 15 is 0 Å². The highest BCUT2D eigenvalue weighted by Gasteiger charge is 2.35. The van der Waals surface area contributed by atoms with Crippen LogP contribution in [0, 0.1) is 0 Å². The number of sulfone groups is 1. The Morgan fingerprint density at radius 2 is 2.26 bits per heavy atom. The van der Waals surface area contributed by atoms with Crippen molar-refractivity contribution in [1.82, 2.24) is 4.90 Å². The monoisotopic (exact) mass is 286 g/mol. The number of rotatable bonds is 4. The molecule has 2 N–H and O–H groups in total. The third kappa shape index (κ3) is 2.98. The van der Waals surface area contributed by atoms with Crippen LogP contribution in [-0.2, 0) is 16.4 Å². The predicted molar refractivity (Wildman–Crippen MR) is 70.4 cm³/mol. The van der Waals surface area contributed by atoms with Crippen molar-refractivity contribution >= 4 is 15.7 Å². The van der Waals surface area contributed by atoms with Gasteiger partial charge in [0, 0.05) is 12.6 Å². The highest BCUT2D eigenvalue weighted by Crippen LogP contribution is 2.20. The average molecular weight is 286 g/mol. The lowest BCUT2D eigenvalue weighted by molar-refractivity contribution is 0.0674. The van der Waals surface area contributed by atoms with E-state index in [4.69, 9.17) is 10.2 Å². The van der Waals surface area contributed by atoms with Gasteiger partial charge in [0.2, 0.25) is 0 Å². The van der Waals surface area contributed by atoms with Gasteiger partial charge in [-0.3, -0.25) is 4.79 Å². The fourth-order valence-corrected chi connectivity index (χ4v) is 4.06. The van der Waals surface area contributed by atoms with Crippen LogP contribution in [0.25, 0.3) is 0 Å². The first-order valence-electron chi connectivity index (χ1n) is 6.27. The molecule has 1 aliphatic rings. The topological polar surface area (TPSA) is 93.6 Å². The fourth-order valence-electron chi connectivity index (χ4n) is 2.33. The van der Waals surface area contributed by atoms with Gasteiger partial charge in [0.05, 0.1) is 18.1 Å². The summed E-state index contributed by atoms with van der Waals surface area (Å²) in [6.07, 6.45) is 0.492. The maximum atomic E-state index is 12.3. The van der Waals surface area contributed by atoms with E-state index in [2.05, 4.69) is 0 Å². The van der Waals surface area contributed by atoms with Crippen molar-refractivity contribution in [1.29, 1.82) is 0 Å². The van der Waals surface area contributed by atoms with E-state index in [1.54, 1.807) is 17.0 Å². The van der Waals surface area contributed by atoms with Crippen molar-refractivity contribution < 1.29 is 17.6 Å². The van der Waals surface area contributed by atoms with Crippen molar-refractivity contribution in [2.75, 3.05) is 18.1 Å². The Labute approximate surface area is 112 Å². The minimum Gasteiger partial charge on any atom is -0.455 e. The minimum atomic E-state index is -3.01. The van der Waals surface area contributed by atoms with Crippen LogP contribution >= 0.6 is 0 Å². The normalized spacial score (nSPS) is 21.5. The maximum absolute atomic E-state index is 12.3. The molecule has 1 aromatic rings. The number of nitrogens with two attached hydrogens (primary N) is 1. The van der Waals surface area contributed by atoms with Gasteiger partial charge < -0.3 is 15.1 Å². The lowest BCUT2D eigenvalue weighted by Crippen LogP contribution is -2.40. The number of nitrogens with zero attached hydrogens (tertiary/aromatic N) is 1. The second-order valence-corrected chi connectivity index (χ2v) is 6.85. The van der Waals surface area contributed by atoms with Gasteiger partial charge >= 0.3 is 0 Å². The summed E-state index contributed by atoms with van der Waals surface area (Å²) in [6, 6.07) is 2.98. The third-order valence-corrected chi connectivity index (χ3v) is 5.07. The van der Waals surface area contributed by atoms with Crippen molar-refractivity contribution in [2.24, 2.45) is 5.73 Å². The van der Waals surface area contributed by atoms with E-state index < -0.39 is 9.84 Å². The van der Waals surface area contributed by atoms with Crippen LogP contribution in [0.3, 0.4) is 0 Å². The first kappa shape index (κ1) is 14.1. The Kier molecular flexibility index (Phi) is 3.96. The second kappa shape index (κ2) is 5.34. The molecule has 7 heteroatoms. The van der Waals surface area contributed by atoms with Gasteiger partial charge in [0.1, 0.15) is 5.76 Å². The number of carbonyl (C=O) groups excluding carboxylic acids is 1. The van der Waals surface area contributed by atoms with E-state index in [9.17, 15) is 13.2 Å². The number of furan rings is 1. The maximum Gasteiger partial charge on any atom is 0.289 e. The van der Waals surface area contributed by atoms with Gasteiger partial charge in [-0.2, -0.15) is 0 Å². The Morgan fingerprint density at radius 1 is 1.53 bits per heavy atom. The summed E-state index contributed by atoms with van der Waals surface area (Å²) in [5.74, 6) is 0.666. The molecular formula is C12H18N2O4S. The molecule has 0 bridgehead atoms. The van der Waals surface area contributed by atoms with Crippen molar-refractivity contribution in [3.05, 3.63) is 23.7 Å². The van der Waals surface area contributed by atoms with Gasteiger partial charge in [-0.25, -0.2) is 8.42 Å². The van der Waals surface area contributed by atoms with Crippen LogP contribution in [0.1, 0.15) is 29.7 Å². The zero-order valence-electron chi connectivity index (χ0n) is 10.8. The molecule has 0 spiro atoms. The quantitative estimate of drug-likeness (QED) is 0.864. The lowest BCUT2D eigenvalue weighted by atomic mass is 10.2.